The molecular formula is C22H27N5O2S. The fourth-order valence-corrected chi connectivity index (χ4v) is 3.69. The first-order valence-corrected chi connectivity index (χ1v) is 10.9. The van der Waals surface area contributed by atoms with Crippen molar-refractivity contribution in [3.63, 3.8) is 0 Å². The number of carbonyl (C=O) groups is 1. The summed E-state index contributed by atoms with van der Waals surface area (Å²) < 4.78 is 6.86. The molecule has 0 aliphatic rings. The van der Waals surface area contributed by atoms with Gasteiger partial charge in [-0.2, -0.15) is 0 Å². The molecule has 1 aromatic heterocycles. The molecule has 0 bridgehead atoms. The van der Waals surface area contributed by atoms with Gasteiger partial charge in [-0.05, 0) is 50.1 Å². The third-order valence-electron chi connectivity index (χ3n) is 4.64. The molecule has 158 valence electrons. The predicted octanol–water partition coefficient (Wildman–Crippen LogP) is 3.73. The van der Waals surface area contributed by atoms with Gasteiger partial charge in [0.2, 0.25) is 11.1 Å². The van der Waals surface area contributed by atoms with Crippen LogP contribution in [0.3, 0.4) is 0 Å². The molecule has 7 nitrogen and oxygen atoms in total. The van der Waals surface area contributed by atoms with Crippen molar-refractivity contribution in [3.05, 3.63) is 59.7 Å². The fraction of sp³-hybridized carbons (Fsp3) is 0.318. The van der Waals surface area contributed by atoms with Crippen LogP contribution in [0.25, 0.3) is 11.4 Å². The molecule has 0 spiro atoms. The van der Waals surface area contributed by atoms with E-state index in [1.165, 1.54) is 22.0 Å². The summed E-state index contributed by atoms with van der Waals surface area (Å²) in [6.45, 7) is 6.65. The van der Waals surface area contributed by atoms with Crippen LogP contribution in [-0.4, -0.2) is 33.1 Å². The Kier molecular flexibility index (Phi) is 7.35. The zero-order valence-electron chi connectivity index (χ0n) is 17.5. The molecule has 8 heteroatoms. The van der Waals surface area contributed by atoms with Crippen LogP contribution in [0.2, 0.25) is 0 Å². The number of nitrogen functional groups attached to an aromatic ring is 1. The number of benzene rings is 2. The van der Waals surface area contributed by atoms with Crippen molar-refractivity contribution in [1.82, 2.24) is 20.2 Å². The Bertz CT molecular complexity index is 970. The van der Waals surface area contributed by atoms with E-state index in [0.717, 1.165) is 23.3 Å². The molecule has 0 radical (unpaired) electrons. The number of amides is 1. The quantitative estimate of drug-likeness (QED) is 0.401. The molecule has 1 heterocycles. The number of aryl methyl sites for hydroxylation is 1. The highest BCUT2D eigenvalue weighted by Crippen LogP contribution is 2.24. The van der Waals surface area contributed by atoms with Gasteiger partial charge in [0.15, 0.2) is 5.82 Å². The summed E-state index contributed by atoms with van der Waals surface area (Å²) in [5, 5.41) is 11.9. The summed E-state index contributed by atoms with van der Waals surface area (Å²) in [4.78, 5) is 12.5. The van der Waals surface area contributed by atoms with E-state index in [0.29, 0.717) is 17.6 Å². The van der Waals surface area contributed by atoms with Gasteiger partial charge in [-0.25, -0.2) is 4.68 Å². The molecular weight excluding hydrogens is 398 g/mol. The molecule has 1 amide bonds. The number of hydrogen-bond acceptors (Lipinski definition) is 6. The highest BCUT2D eigenvalue weighted by molar-refractivity contribution is 7.99. The minimum Gasteiger partial charge on any atom is -0.494 e. The molecule has 2 aromatic carbocycles. The number of nitrogens with zero attached hydrogens (tertiary/aromatic N) is 3. The Balaban J connectivity index is 1.60. The van der Waals surface area contributed by atoms with Gasteiger partial charge in [0, 0.05) is 5.56 Å². The number of hydrogen-bond donors (Lipinski definition) is 2. The Morgan fingerprint density at radius 2 is 1.83 bits per heavy atom. The van der Waals surface area contributed by atoms with Gasteiger partial charge in [0.25, 0.3) is 0 Å². The van der Waals surface area contributed by atoms with E-state index >= 15 is 0 Å². The van der Waals surface area contributed by atoms with E-state index in [1.807, 2.05) is 38.1 Å². The number of nitrogens with two attached hydrogens (primary N) is 1. The highest BCUT2D eigenvalue weighted by atomic mass is 32.2. The van der Waals surface area contributed by atoms with Gasteiger partial charge in [0.05, 0.1) is 18.4 Å². The van der Waals surface area contributed by atoms with Gasteiger partial charge in [0.1, 0.15) is 5.75 Å². The molecule has 0 saturated heterocycles. The maximum absolute atomic E-state index is 12.5. The van der Waals surface area contributed by atoms with E-state index < -0.39 is 0 Å². The van der Waals surface area contributed by atoms with Gasteiger partial charge in [-0.3, -0.25) is 4.79 Å². The lowest BCUT2D eigenvalue weighted by Gasteiger charge is -2.17. The first-order chi connectivity index (χ1) is 14.5. The van der Waals surface area contributed by atoms with Crippen molar-refractivity contribution < 1.29 is 9.53 Å². The van der Waals surface area contributed by atoms with Crippen molar-refractivity contribution >= 4 is 17.7 Å². The summed E-state index contributed by atoms with van der Waals surface area (Å²) in [6, 6.07) is 15.7. The monoisotopic (exact) mass is 425 g/mol. The van der Waals surface area contributed by atoms with E-state index in [1.54, 1.807) is 0 Å². The van der Waals surface area contributed by atoms with Crippen molar-refractivity contribution in [2.24, 2.45) is 0 Å². The molecule has 3 N–H and O–H groups in total. The standard InChI is InChI=1S/C22H27N5O2S/c1-4-19(16-8-6-15(3)7-9-16)24-20(28)14-30-22-26-25-21(27(22)23)17-10-12-18(13-11-17)29-5-2/h6-13,19H,4-5,14,23H2,1-3H3,(H,24,28)/t19-/m0/s1. The normalized spacial score (nSPS) is 11.8. The average molecular weight is 426 g/mol. The minimum absolute atomic E-state index is 0.0196. The first-order valence-electron chi connectivity index (χ1n) is 9.94. The average Bonchev–Trinajstić information content (AvgIpc) is 3.12. The number of aromatic nitrogens is 3. The summed E-state index contributed by atoms with van der Waals surface area (Å²) in [7, 11) is 0. The molecule has 0 saturated carbocycles. The van der Waals surface area contributed by atoms with Gasteiger partial charge in [-0.15, -0.1) is 10.2 Å². The second kappa shape index (κ2) is 10.2. The van der Waals surface area contributed by atoms with Crippen LogP contribution >= 0.6 is 11.8 Å². The molecule has 30 heavy (non-hydrogen) atoms. The number of ether oxygens (including phenoxy) is 1. The second-order valence-corrected chi connectivity index (χ2v) is 7.80. The Labute approximate surface area is 181 Å². The zero-order valence-corrected chi connectivity index (χ0v) is 18.3. The summed E-state index contributed by atoms with van der Waals surface area (Å²) >= 11 is 1.26. The number of rotatable bonds is 9. The van der Waals surface area contributed by atoms with Crippen LogP contribution < -0.4 is 15.9 Å². The lowest BCUT2D eigenvalue weighted by molar-refractivity contribution is -0.119. The molecule has 0 unspecified atom stereocenters. The third-order valence-corrected chi connectivity index (χ3v) is 5.59. The second-order valence-electron chi connectivity index (χ2n) is 6.86. The predicted molar refractivity (Wildman–Crippen MR) is 120 cm³/mol. The Hall–Kier alpha value is -3.00. The third kappa shape index (κ3) is 5.33. The van der Waals surface area contributed by atoms with Crippen LogP contribution in [0.1, 0.15) is 37.4 Å². The molecule has 0 aliphatic heterocycles. The molecule has 3 aromatic rings. The minimum atomic E-state index is -0.0713. The van der Waals surface area contributed by atoms with Gasteiger partial charge in [-0.1, -0.05) is 48.5 Å². The zero-order chi connectivity index (χ0) is 21.5. The van der Waals surface area contributed by atoms with E-state index in [-0.39, 0.29) is 17.7 Å². The summed E-state index contributed by atoms with van der Waals surface area (Å²) in [6.07, 6.45) is 0.814. The number of nitrogens with one attached hydrogen (secondary N) is 1. The summed E-state index contributed by atoms with van der Waals surface area (Å²) in [5.74, 6) is 7.62. The molecule has 0 fully saturated rings. The van der Waals surface area contributed by atoms with Gasteiger partial charge >= 0.3 is 0 Å². The lowest BCUT2D eigenvalue weighted by Crippen LogP contribution is -2.29. The highest BCUT2D eigenvalue weighted by Gasteiger charge is 2.16. The maximum Gasteiger partial charge on any atom is 0.230 e. The fourth-order valence-electron chi connectivity index (χ4n) is 3.03. The maximum atomic E-state index is 12.5. The van der Waals surface area contributed by atoms with Crippen molar-refractivity contribution in [2.75, 3.05) is 18.2 Å². The largest absolute Gasteiger partial charge is 0.494 e. The van der Waals surface area contributed by atoms with Crippen LogP contribution in [-0.2, 0) is 4.79 Å². The molecule has 3 rings (SSSR count). The van der Waals surface area contributed by atoms with Crippen molar-refractivity contribution in [2.45, 2.75) is 38.4 Å². The Morgan fingerprint density at radius 1 is 1.13 bits per heavy atom. The smallest absolute Gasteiger partial charge is 0.230 e. The van der Waals surface area contributed by atoms with Crippen LogP contribution in [0.4, 0.5) is 0 Å². The molecule has 1 atom stereocenters. The van der Waals surface area contributed by atoms with Crippen LogP contribution in [0.15, 0.2) is 53.7 Å². The molecule has 0 aliphatic carbocycles. The van der Waals surface area contributed by atoms with Gasteiger partial charge < -0.3 is 15.9 Å². The van der Waals surface area contributed by atoms with E-state index in [4.69, 9.17) is 10.6 Å². The lowest BCUT2D eigenvalue weighted by atomic mass is 10.0. The number of carbonyl (C=O) groups excluding carboxylic acids is 1. The van der Waals surface area contributed by atoms with Crippen LogP contribution in [0.5, 0.6) is 5.75 Å². The Morgan fingerprint density at radius 3 is 2.47 bits per heavy atom. The first kappa shape index (κ1) is 21.7. The topological polar surface area (TPSA) is 95.1 Å². The van der Waals surface area contributed by atoms with E-state index in [9.17, 15) is 4.79 Å². The van der Waals surface area contributed by atoms with Crippen molar-refractivity contribution in [3.8, 4) is 17.1 Å². The van der Waals surface area contributed by atoms with Crippen molar-refractivity contribution in [1.29, 1.82) is 0 Å². The van der Waals surface area contributed by atoms with Crippen LogP contribution in [0, 0.1) is 6.92 Å². The SMILES string of the molecule is CCOc1ccc(-c2nnc(SCC(=O)N[C@@H](CC)c3ccc(C)cc3)n2N)cc1. The van der Waals surface area contributed by atoms with E-state index in [2.05, 4.69) is 46.7 Å². The summed E-state index contributed by atoms with van der Waals surface area (Å²) in [5.41, 5.74) is 3.12. The number of thioether (sulfide) groups is 1.